The number of carbonyl (C=O) groups is 1. The van der Waals surface area contributed by atoms with Crippen molar-refractivity contribution in [2.75, 3.05) is 6.61 Å². The molecule has 1 N–H and O–H groups in total. The number of rotatable bonds is 8. The Kier molecular flexibility index (Phi) is 6.65. The highest BCUT2D eigenvalue weighted by Crippen LogP contribution is 2.50. The largest absolute Gasteiger partial charge is 0.491 e. The fraction of sp³-hybridized carbons (Fsp3) is 0.435. The lowest BCUT2D eigenvalue weighted by atomic mass is 9.84. The number of alkyl halides is 3. The van der Waals surface area contributed by atoms with E-state index in [9.17, 15) is 23.1 Å². The van der Waals surface area contributed by atoms with Crippen LogP contribution in [0.15, 0.2) is 36.4 Å². The van der Waals surface area contributed by atoms with Gasteiger partial charge in [0, 0.05) is 5.56 Å². The molecule has 2 aromatic carbocycles. The highest BCUT2D eigenvalue weighted by molar-refractivity contribution is 6.35. The molecule has 1 aliphatic carbocycles. The zero-order valence-corrected chi connectivity index (χ0v) is 17.6. The van der Waals surface area contributed by atoms with Gasteiger partial charge in [-0.1, -0.05) is 55.8 Å². The van der Waals surface area contributed by atoms with Crippen molar-refractivity contribution in [3.8, 4) is 16.9 Å². The third-order valence-corrected chi connectivity index (χ3v) is 5.54. The summed E-state index contributed by atoms with van der Waals surface area (Å²) in [7, 11) is 0. The van der Waals surface area contributed by atoms with Gasteiger partial charge in [0.2, 0.25) is 0 Å². The van der Waals surface area contributed by atoms with Crippen LogP contribution >= 0.6 is 11.6 Å². The van der Waals surface area contributed by atoms with Gasteiger partial charge in [0.1, 0.15) is 5.56 Å². The summed E-state index contributed by atoms with van der Waals surface area (Å²) < 4.78 is 48.2. The third kappa shape index (κ3) is 5.09. The van der Waals surface area contributed by atoms with Gasteiger partial charge in [-0.15, -0.1) is 0 Å². The van der Waals surface area contributed by atoms with Gasteiger partial charge >= 0.3 is 12.1 Å². The number of ether oxygens (including phenoxy) is 1. The second-order valence-electron chi connectivity index (χ2n) is 8.17. The number of aliphatic carboxylic acids is 1. The van der Waals surface area contributed by atoms with Crippen molar-refractivity contribution < 1.29 is 27.8 Å². The molecule has 0 aliphatic heterocycles. The van der Waals surface area contributed by atoms with E-state index in [2.05, 4.69) is 0 Å². The quantitative estimate of drug-likeness (QED) is 0.479. The summed E-state index contributed by atoms with van der Waals surface area (Å²) in [6.45, 7) is 3.69. The minimum Gasteiger partial charge on any atom is -0.491 e. The normalized spacial score (nSPS) is 15.3. The fourth-order valence-electron chi connectivity index (χ4n) is 3.50. The van der Waals surface area contributed by atoms with Crippen LogP contribution in [0.3, 0.4) is 0 Å². The molecular weight excluding hydrogens is 417 g/mol. The highest BCUT2D eigenvalue weighted by Gasteiger charge is 2.43. The predicted molar refractivity (Wildman–Crippen MR) is 110 cm³/mol. The zero-order valence-electron chi connectivity index (χ0n) is 16.8. The fourth-order valence-corrected chi connectivity index (χ4v) is 3.82. The smallest absolute Gasteiger partial charge is 0.420 e. The Labute approximate surface area is 178 Å². The molecule has 0 bridgehead atoms. The van der Waals surface area contributed by atoms with E-state index in [4.69, 9.17) is 16.3 Å². The van der Waals surface area contributed by atoms with Crippen molar-refractivity contribution in [2.24, 2.45) is 11.8 Å². The molecule has 1 fully saturated rings. The number of carboxylic acid groups (broad SMARTS) is 1. The van der Waals surface area contributed by atoms with E-state index in [1.807, 2.05) is 0 Å². The molecule has 1 atom stereocenters. The van der Waals surface area contributed by atoms with Gasteiger partial charge in [-0.3, -0.25) is 4.79 Å². The molecule has 0 amide bonds. The molecule has 0 saturated heterocycles. The van der Waals surface area contributed by atoms with Gasteiger partial charge in [-0.05, 0) is 48.3 Å². The summed E-state index contributed by atoms with van der Waals surface area (Å²) in [5.74, 6) is -3.01. The van der Waals surface area contributed by atoms with Crippen LogP contribution in [0.2, 0.25) is 5.02 Å². The van der Waals surface area contributed by atoms with Crippen LogP contribution in [0.1, 0.15) is 50.2 Å². The van der Waals surface area contributed by atoms with Gasteiger partial charge < -0.3 is 9.84 Å². The Morgan fingerprint density at radius 3 is 2.37 bits per heavy atom. The molecule has 1 aliphatic rings. The summed E-state index contributed by atoms with van der Waals surface area (Å²) in [4.78, 5) is 12.0. The summed E-state index contributed by atoms with van der Waals surface area (Å²) >= 11 is 6.45. The van der Waals surface area contributed by atoms with Crippen LogP contribution in [0.4, 0.5) is 13.2 Å². The molecule has 0 radical (unpaired) electrons. The van der Waals surface area contributed by atoms with Gasteiger partial charge in [0.15, 0.2) is 5.75 Å². The van der Waals surface area contributed by atoms with E-state index < -0.39 is 29.4 Å². The monoisotopic (exact) mass is 440 g/mol. The second kappa shape index (κ2) is 8.88. The first-order valence-electron chi connectivity index (χ1n) is 9.94. The Morgan fingerprint density at radius 1 is 1.23 bits per heavy atom. The second-order valence-corrected chi connectivity index (χ2v) is 8.55. The zero-order chi connectivity index (χ0) is 22.1. The number of hydrogen-bond donors (Lipinski definition) is 1. The van der Waals surface area contributed by atoms with E-state index in [-0.39, 0.29) is 35.4 Å². The van der Waals surface area contributed by atoms with E-state index in [1.54, 1.807) is 44.2 Å². The maximum Gasteiger partial charge on any atom is 0.420 e. The first kappa shape index (κ1) is 22.5. The van der Waals surface area contributed by atoms with Crippen molar-refractivity contribution in [3.63, 3.8) is 0 Å². The van der Waals surface area contributed by atoms with Gasteiger partial charge in [-0.2, -0.15) is 13.2 Å². The Hall–Kier alpha value is -2.21. The van der Waals surface area contributed by atoms with Crippen molar-refractivity contribution in [2.45, 2.75) is 45.2 Å². The van der Waals surface area contributed by atoms with Crippen LogP contribution in [-0.2, 0) is 11.0 Å². The first-order valence-corrected chi connectivity index (χ1v) is 10.3. The third-order valence-electron chi connectivity index (χ3n) is 5.16. The van der Waals surface area contributed by atoms with Crippen LogP contribution < -0.4 is 4.74 Å². The predicted octanol–water partition coefficient (Wildman–Crippen LogP) is 7.03. The molecule has 0 spiro atoms. The average Bonchev–Trinajstić information content (AvgIpc) is 3.49. The highest BCUT2D eigenvalue weighted by atomic mass is 35.5. The number of hydrogen-bond acceptors (Lipinski definition) is 2. The topological polar surface area (TPSA) is 46.5 Å². The molecule has 0 heterocycles. The number of halogens is 4. The van der Waals surface area contributed by atoms with Gasteiger partial charge in [0.05, 0.1) is 17.5 Å². The molecule has 30 heavy (non-hydrogen) atoms. The van der Waals surface area contributed by atoms with Crippen molar-refractivity contribution in [1.29, 1.82) is 0 Å². The Morgan fingerprint density at radius 2 is 1.87 bits per heavy atom. The van der Waals surface area contributed by atoms with Crippen molar-refractivity contribution in [3.05, 3.63) is 52.5 Å². The SMILES string of the molecule is CC(C)CC(C(=O)O)c1cc(-c2ccccc2)c(Cl)c(OCC2CC2)c1C(F)(F)F. The van der Waals surface area contributed by atoms with Crippen LogP contribution in [0, 0.1) is 11.8 Å². The Balaban J connectivity index is 2.28. The van der Waals surface area contributed by atoms with E-state index in [0.717, 1.165) is 12.8 Å². The van der Waals surface area contributed by atoms with Gasteiger partial charge in [0.25, 0.3) is 0 Å². The van der Waals surface area contributed by atoms with Crippen LogP contribution in [-0.4, -0.2) is 17.7 Å². The Bertz CT molecular complexity index is 906. The van der Waals surface area contributed by atoms with Crippen molar-refractivity contribution >= 4 is 17.6 Å². The standard InChI is InChI=1S/C23H24ClF3O3/c1-13(2)10-18(22(28)29)17-11-16(15-6-4-3-5-7-15)20(24)21(19(17)23(25,26)27)30-12-14-8-9-14/h3-7,11,13-14,18H,8-10,12H2,1-2H3,(H,28,29). The minimum absolute atomic E-state index is 0.0658. The number of benzene rings is 2. The first-order chi connectivity index (χ1) is 14.1. The molecular formula is C23H24ClF3O3. The number of carboxylic acids is 1. The maximum atomic E-state index is 14.2. The maximum absolute atomic E-state index is 14.2. The van der Waals surface area contributed by atoms with E-state index in [1.165, 1.54) is 6.07 Å². The molecule has 2 aromatic rings. The molecule has 1 unspecified atom stereocenters. The summed E-state index contributed by atoms with van der Waals surface area (Å²) in [5, 5.41) is 9.63. The summed E-state index contributed by atoms with van der Waals surface area (Å²) in [5.41, 5.74) is -0.456. The minimum atomic E-state index is -4.81. The molecule has 1 saturated carbocycles. The van der Waals surface area contributed by atoms with Crippen molar-refractivity contribution in [1.82, 2.24) is 0 Å². The summed E-state index contributed by atoms with van der Waals surface area (Å²) in [6.07, 6.45) is -2.95. The lowest BCUT2D eigenvalue weighted by molar-refractivity contribution is -0.142. The van der Waals surface area contributed by atoms with Crippen LogP contribution in [0.25, 0.3) is 11.1 Å². The molecule has 3 rings (SSSR count). The average molecular weight is 441 g/mol. The van der Waals surface area contributed by atoms with Gasteiger partial charge in [-0.25, -0.2) is 0 Å². The molecule has 3 nitrogen and oxygen atoms in total. The lowest BCUT2D eigenvalue weighted by Gasteiger charge is -2.25. The van der Waals surface area contributed by atoms with E-state index in [0.29, 0.717) is 11.1 Å². The van der Waals surface area contributed by atoms with E-state index >= 15 is 0 Å². The lowest BCUT2D eigenvalue weighted by Crippen LogP contribution is -2.21. The van der Waals surface area contributed by atoms with Crippen LogP contribution in [0.5, 0.6) is 5.75 Å². The molecule has 0 aromatic heterocycles. The summed E-state index contributed by atoms with van der Waals surface area (Å²) in [6, 6.07) is 9.99. The molecule has 162 valence electrons. The molecule has 7 heteroatoms.